The smallest absolute Gasteiger partial charge is 0.290 e. The first-order chi connectivity index (χ1) is 8.79. The van der Waals surface area contributed by atoms with Crippen molar-refractivity contribution in [3.8, 4) is 0 Å². The molecule has 5 heteroatoms. The maximum Gasteiger partial charge on any atom is 0.290 e. The van der Waals surface area contributed by atoms with Crippen molar-refractivity contribution in [2.45, 2.75) is 39.0 Å². The van der Waals surface area contributed by atoms with Crippen molar-refractivity contribution in [3.63, 3.8) is 0 Å². The Morgan fingerprint density at radius 2 is 2.44 bits per heavy atom. The summed E-state index contributed by atoms with van der Waals surface area (Å²) in [4.78, 5) is 16.0. The lowest BCUT2D eigenvalue weighted by Crippen LogP contribution is -2.30. The standard InChI is InChI=1S/C13H20N4O/c1-2-6-11-15-12(17-16-11)13(18)14-9-10-7-4-3-5-8-10/h3-4,10H,2,5-9H2,1H3,(H,14,18)(H,15,16,17). The van der Waals surface area contributed by atoms with E-state index in [0.29, 0.717) is 12.5 Å². The molecule has 0 aliphatic heterocycles. The number of nitrogens with zero attached hydrogens (tertiary/aromatic N) is 2. The molecule has 1 heterocycles. The van der Waals surface area contributed by atoms with Gasteiger partial charge in [-0.1, -0.05) is 19.1 Å². The molecule has 0 bridgehead atoms. The molecule has 1 aliphatic rings. The molecule has 0 fully saturated rings. The predicted octanol–water partition coefficient (Wildman–Crippen LogP) is 1.84. The molecule has 5 nitrogen and oxygen atoms in total. The SMILES string of the molecule is CCCc1nc(C(=O)NCC2CC=CCC2)n[nH]1. The number of carbonyl (C=O) groups is 1. The normalized spacial score (nSPS) is 18.8. The number of aryl methyl sites for hydroxylation is 1. The molecule has 1 aromatic rings. The van der Waals surface area contributed by atoms with Crippen LogP contribution in [0.3, 0.4) is 0 Å². The van der Waals surface area contributed by atoms with Crippen LogP contribution in [0.4, 0.5) is 0 Å². The maximum atomic E-state index is 11.8. The van der Waals surface area contributed by atoms with E-state index in [-0.39, 0.29) is 11.7 Å². The van der Waals surface area contributed by atoms with Gasteiger partial charge in [0.05, 0.1) is 0 Å². The second-order valence-electron chi connectivity index (χ2n) is 4.72. The van der Waals surface area contributed by atoms with E-state index in [1.807, 2.05) is 0 Å². The van der Waals surface area contributed by atoms with E-state index in [2.05, 4.69) is 39.6 Å². The molecule has 1 unspecified atom stereocenters. The highest BCUT2D eigenvalue weighted by molar-refractivity contribution is 5.90. The number of rotatable bonds is 5. The van der Waals surface area contributed by atoms with E-state index in [9.17, 15) is 4.79 Å². The first-order valence-electron chi connectivity index (χ1n) is 6.64. The zero-order valence-corrected chi connectivity index (χ0v) is 10.8. The van der Waals surface area contributed by atoms with Crippen molar-refractivity contribution in [2.24, 2.45) is 5.92 Å². The average molecular weight is 248 g/mol. The zero-order valence-electron chi connectivity index (χ0n) is 10.8. The fourth-order valence-electron chi connectivity index (χ4n) is 2.10. The second kappa shape index (κ2) is 6.33. The summed E-state index contributed by atoms with van der Waals surface area (Å²) in [5.41, 5.74) is 0. The second-order valence-corrected chi connectivity index (χ2v) is 4.72. The molecule has 2 rings (SSSR count). The molecule has 1 amide bonds. The van der Waals surface area contributed by atoms with Crippen molar-refractivity contribution in [1.82, 2.24) is 20.5 Å². The molecule has 2 N–H and O–H groups in total. The molecule has 0 saturated carbocycles. The number of H-pyrrole nitrogens is 1. The number of nitrogens with one attached hydrogen (secondary N) is 2. The molecule has 18 heavy (non-hydrogen) atoms. The van der Waals surface area contributed by atoms with Crippen LogP contribution in [0.2, 0.25) is 0 Å². The fraction of sp³-hybridized carbons (Fsp3) is 0.615. The van der Waals surface area contributed by atoms with Gasteiger partial charge in [0.1, 0.15) is 5.82 Å². The van der Waals surface area contributed by atoms with E-state index in [1.165, 1.54) is 0 Å². The van der Waals surface area contributed by atoms with Crippen LogP contribution in [0.1, 0.15) is 49.1 Å². The Morgan fingerprint density at radius 1 is 1.56 bits per heavy atom. The van der Waals surface area contributed by atoms with Crippen LogP contribution >= 0.6 is 0 Å². The molecular weight excluding hydrogens is 228 g/mol. The van der Waals surface area contributed by atoms with Gasteiger partial charge in [-0.3, -0.25) is 9.89 Å². The van der Waals surface area contributed by atoms with Gasteiger partial charge in [0.25, 0.3) is 5.91 Å². The van der Waals surface area contributed by atoms with Gasteiger partial charge in [-0.25, -0.2) is 4.98 Å². The summed E-state index contributed by atoms with van der Waals surface area (Å²) in [6.07, 6.45) is 9.51. The largest absolute Gasteiger partial charge is 0.349 e. The summed E-state index contributed by atoms with van der Waals surface area (Å²) in [6.45, 7) is 2.78. The van der Waals surface area contributed by atoms with Crippen LogP contribution in [-0.2, 0) is 6.42 Å². The Kier molecular flexibility index (Phi) is 4.50. The minimum absolute atomic E-state index is 0.178. The molecular formula is C13H20N4O. The van der Waals surface area contributed by atoms with Gasteiger partial charge in [0.15, 0.2) is 0 Å². The summed E-state index contributed by atoms with van der Waals surface area (Å²) in [5.74, 6) is 1.41. The number of aromatic amines is 1. The number of aromatic nitrogens is 3. The lowest BCUT2D eigenvalue weighted by molar-refractivity contribution is 0.0936. The fourth-order valence-corrected chi connectivity index (χ4v) is 2.10. The molecule has 1 atom stereocenters. The van der Waals surface area contributed by atoms with Crippen LogP contribution in [0.25, 0.3) is 0 Å². The Bertz CT molecular complexity index is 424. The van der Waals surface area contributed by atoms with Crippen LogP contribution in [-0.4, -0.2) is 27.6 Å². The van der Waals surface area contributed by atoms with Crippen molar-refractivity contribution in [2.75, 3.05) is 6.54 Å². The molecule has 0 aromatic carbocycles. The molecule has 1 aliphatic carbocycles. The Balaban J connectivity index is 1.81. The van der Waals surface area contributed by atoms with E-state index in [1.54, 1.807) is 0 Å². The van der Waals surface area contributed by atoms with Gasteiger partial charge in [0.2, 0.25) is 5.82 Å². The third-order valence-corrected chi connectivity index (χ3v) is 3.15. The van der Waals surface area contributed by atoms with Crippen molar-refractivity contribution in [3.05, 3.63) is 23.8 Å². The number of hydrogen-bond acceptors (Lipinski definition) is 3. The van der Waals surface area contributed by atoms with Gasteiger partial charge < -0.3 is 5.32 Å². The zero-order chi connectivity index (χ0) is 12.8. The van der Waals surface area contributed by atoms with E-state index >= 15 is 0 Å². The number of allylic oxidation sites excluding steroid dienone is 2. The van der Waals surface area contributed by atoms with Gasteiger partial charge in [-0.2, -0.15) is 0 Å². The van der Waals surface area contributed by atoms with Gasteiger partial charge in [0, 0.05) is 13.0 Å². The highest BCUT2D eigenvalue weighted by Gasteiger charge is 2.15. The Labute approximate surface area is 107 Å². The quantitative estimate of drug-likeness (QED) is 0.781. The molecule has 0 saturated heterocycles. The number of amides is 1. The maximum absolute atomic E-state index is 11.8. The molecule has 0 spiro atoms. The molecule has 98 valence electrons. The van der Waals surface area contributed by atoms with Gasteiger partial charge >= 0.3 is 0 Å². The third kappa shape index (κ3) is 3.42. The summed E-state index contributed by atoms with van der Waals surface area (Å²) < 4.78 is 0. The number of hydrogen-bond donors (Lipinski definition) is 2. The van der Waals surface area contributed by atoms with Gasteiger partial charge in [-0.05, 0) is 31.6 Å². The lowest BCUT2D eigenvalue weighted by atomic mass is 9.94. The first-order valence-corrected chi connectivity index (χ1v) is 6.64. The monoisotopic (exact) mass is 248 g/mol. The summed E-state index contributed by atoms with van der Waals surface area (Å²) >= 11 is 0. The van der Waals surface area contributed by atoms with Crippen molar-refractivity contribution < 1.29 is 4.79 Å². The van der Waals surface area contributed by atoms with Gasteiger partial charge in [-0.15, -0.1) is 5.10 Å². The Morgan fingerprint density at radius 3 is 3.17 bits per heavy atom. The minimum Gasteiger partial charge on any atom is -0.349 e. The van der Waals surface area contributed by atoms with Crippen molar-refractivity contribution in [1.29, 1.82) is 0 Å². The third-order valence-electron chi connectivity index (χ3n) is 3.15. The lowest BCUT2D eigenvalue weighted by Gasteiger charge is -2.17. The van der Waals surface area contributed by atoms with Crippen molar-refractivity contribution >= 4 is 5.91 Å². The first kappa shape index (κ1) is 12.8. The predicted molar refractivity (Wildman–Crippen MR) is 69.2 cm³/mol. The molecule has 1 aromatic heterocycles. The van der Waals surface area contributed by atoms with Crippen LogP contribution in [0.15, 0.2) is 12.2 Å². The van der Waals surface area contributed by atoms with Crippen LogP contribution < -0.4 is 5.32 Å². The Hall–Kier alpha value is -1.65. The topological polar surface area (TPSA) is 70.7 Å². The summed E-state index contributed by atoms with van der Waals surface area (Å²) in [7, 11) is 0. The van der Waals surface area contributed by atoms with Crippen LogP contribution in [0, 0.1) is 5.92 Å². The minimum atomic E-state index is -0.178. The molecule has 0 radical (unpaired) electrons. The summed E-state index contributed by atoms with van der Waals surface area (Å²) in [5, 5.41) is 9.64. The average Bonchev–Trinajstić information content (AvgIpc) is 2.86. The van der Waals surface area contributed by atoms with E-state index < -0.39 is 0 Å². The van der Waals surface area contributed by atoms with E-state index in [0.717, 1.165) is 37.9 Å². The van der Waals surface area contributed by atoms with E-state index in [4.69, 9.17) is 0 Å². The highest BCUT2D eigenvalue weighted by Crippen LogP contribution is 2.16. The summed E-state index contributed by atoms with van der Waals surface area (Å²) in [6, 6.07) is 0. The number of carbonyl (C=O) groups excluding carboxylic acids is 1. The van der Waals surface area contributed by atoms with Crippen LogP contribution in [0.5, 0.6) is 0 Å². The highest BCUT2D eigenvalue weighted by atomic mass is 16.2.